The maximum Gasteiger partial charge on any atom is 0.289 e. The second-order valence-electron chi connectivity index (χ2n) is 3.55. The predicted octanol–water partition coefficient (Wildman–Crippen LogP) is 1.13. The number of benzene rings is 1. The van der Waals surface area contributed by atoms with Crippen LogP contribution in [0.25, 0.3) is 0 Å². The van der Waals surface area contributed by atoms with Crippen molar-refractivity contribution in [3.63, 3.8) is 0 Å². The molecule has 0 bridgehead atoms. The standard InChI is InChI=1S/C10H11N3O4S/c1-8(7-11)12(2)18(16,17)10-6-4-3-5-9(10)13(14)15/h3-6,8H,1-2H3/t8-/m0/s1. The van der Waals surface area contributed by atoms with Gasteiger partial charge in [0.1, 0.15) is 6.04 Å². The van der Waals surface area contributed by atoms with E-state index in [1.807, 2.05) is 0 Å². The Morgan fingerprint density at radius 2 is 2.00 bits per heavy atom. The van der Waals surface area contributed by atoms with E-state index in [9.17, 15) is 18.5 Å². The molecule has 0 radical (unpaired) electrons. The van der Waals surface area contributed by atoms with Gasteiger partial charge in [-0.05, 0) is 13.0 Å². The molecule has 1 aromatic rings. The van der Waals surface area contributed by atoms with Gasteiger partial charge in [-0.1, -0.05) is 12.1 Å². The summed E-state index contributed by atoms with van der Waals surface area (Å²) in [5.74, 6) is 0. The average molecular weight is 269 g/mol. The van der Waals surface area contributed by atoms with E-state index in [4.69, 9.17) is 5.26 Å². The fourth-order valence-corrected chi connectivity index (χ4v) is 2.70. The highest BCUT2D eigenvalue weighted by atomic mass is 32.2. The monoisotopic (exact) mass is 269 g/mol. The van der Waals surface area contributed by atoms with Gasteiger partial charge in [-0.25, -0.2) is 8.42 Å². The summed E-state index contributed by atoms with van der Waals surface area (Å²) in [6.07, 6.45) is 0. The first-order valence-electron chi connectivity index (χ1n) is 4.93. The third-order valence-corrected chi connectivity index (χ3v) is 4.43. The number of rotatable bonds is 4. The molecular weight excluding hydrogens is 258 g/mol. The lowest BCUT2D eigenvalue weighted by Crippen LogP contribution is -2.34. The van der Waals surface area contributed by atoms with E-state index < -0.39 is 31.6 Å². The molecule has 0 saturated carbocycles. The van der Waals surface area contributed by atoms with Gasteiger partial charge >= 0.3 is 0 Å². The first-order valence-corrected chi connectivity index (χ1v) is 6.37. The van der Waals surface area contributed by atoms with Crippen LogP contribution in [-0.4, -0.2) is 30.7 Å². The normalized spacial score (nSPS) is 13.0. The zero-order valence-corrected chi connectivity index (χ0v) is 10.6. The Bertz CT molecular complexity index is 606. The van der Waals surface area contributed by atoms with Crippen LogP contribution in [0.4, 0.5) is 5.69 Å². The van der Waals surface area contributed by atoms with Crippen molar-refractivity contribution >= 4 is 15.7 Å². The van der Waals surface area contributed by atoms with Crippen LogP contribution in [0.2, 0.25) is 0 Å². The Morgan fingerprint density at radius 3 is 2.50 bits per heavy atom. The van der Waals surface area contributed by atoms with Gasteiger partial charge in [0, 0.05) is 13.1 Å². The van der Waals surface area contributed by atoms with Crippen LogP contribution < -0.4 is 0 Å². The number of para-hydroxylation sites is 1. The van der Waals surface area contributed by atoms with Gasteiger partial charge in [-0.15, -0.1) is 0 Å². The van der Waals surface area contributed by atoms with Crippen molar-refractivity contribution in [3.05, 3.63) is 34.4 Å². The molecule has 18 heavy (non-hydrogen) atoms. The number of nitrogens with zero attached hydrogens (tertiary/aromatic N) is 3. The second-order valence-corrected chi connectivity index (χ2v) is 5.52. The lowest BCUT2D eigenvalue weighted by atomic mass is 10.3. The van der Waals surface area contributed by atoms with E-state index >= 15 is 0 Å². The molecule has 1 atom stereocenters. The lowest BCUT2D eigenvalue weighted by molar-refractivity contribution is -0.387. The van der Waals surface area contributed by atoms with Crippen molar-refractivity contribution in [1.82, 2.24) is 4.31 Å². The molecule has 0 spiro atoms. The van der Waals surface area contributed by atoms with E-state index in [1.54, 1.807) is 6.07 Å². The Labute approximate surface area is 104 Å². The SMILES string of the molecule is C[C@@H](C#N)N(C)S(=O)(=O)c1ccccc1[N+](=O)[O-]. The van der Waals surface area contributed by atoms with Crippen LogP contribution in [0.5, 0.6) is 0 Å². The van der Waals surface area contributed by atoms with Gasteiger partial charge in [0.25, 0.3) is 15.7 Å². The molecule has 0 amide bonds. The van der Waals surface area contributed by atoms with E-state index in [0.29, 0.717) is 0 Å². The quantitative estimate of drug-likeness (QED) is 0.601. The van der Waals surface area contributed by atoms with E-state index in [-0.39, 0.29) is 0 Å². The molecule has 1 aromatic carbocycles. The van der Waals surface area contributed by atoms with Crippen LogP contribution >= 0.6 is 0 Å². The smallest absolute Gasteiger partial charge is 0.258 e. The Hall–Kier alpha value is -1.98. The number of nitro groups is 1. The maximum absolute atomic E-state index is 12.1. The van der Waals surface area contributed by atoms with Gasteiger partial charge in [0.2, 0.25) is 0 Å². The molecule has 0 saturated heterocycles. The Morgan fingerprint density at radius 1 is 1.44 bits per heavy atom. The van der Waals surface area contributed by atoms with E-state index in [1.165, 1.54) is 26.1 Å². The maximum atomic E-state index is 12.1. The largest absolute Gasteiger partial charge is 0.289 e. The van der Waals surface area contributed by atoms with Crippen molar-refractivity contribution in [2.45, 2.75) is 17.9 Å². The fraction of sp³-hybridized carbons (Fsp3) is 0.300. The van der Waals surface area contributed by atoms with Gasteiger partial charge in [0.15, 0.2) is 4.90 Å². The molecule has 0 heterocycles. The van der Waals surface area contributed by atoms with Crippen molar-refractivity contribution < 1.29 is 13.3 Å². The van der Waals surface area contributed by atoms with E-state index in [0.717, 1.165) is 16.4 Å². The molecule has 1 rings (SSSR count). The number of sulfonamides is 1. The molecule has 0 aliphatic rings. The number of hydrogen-bond donors (Lipinski definition) is 0. The van der Waals surface area contributed by atoms with Gasteiger partial charge < -0.3 is 0 Å². The van der Waals surface area contributed by atoms with Crippen LogP contribution in [0, 0.1) is 21.4 Å². The summed E-state index contributed by atoms with van der Waals surface area (Å²) in [5.41, 5.74) is -0.505. The first-order chi connectivity index (χ1) is 8.32. The minimum atomic E-state index is -4.06. The molecule has 0 N–H and O–H groups in total. The average Bonchev–Trinajstić information content (AvgIpc) is 2.36. The summed E-state index contributed by atoms with van der Waals surface area (Å²) < 4.78 is 25.1. The minimum Gasteiger partial charge on any atom is -0.258 e. The molecule has 8 heteroatoms. The van der Waals surface area contributed by atoms with Crippen molar-refractivity contribution in [1.29, 1.82) is 5.26 Å². The Kier molecular flexibility index (Phi) is 4.00. The van der Waals surface area contributed by atoms with Crippen LogP contribution in [0.1, 0.15) is 6.92 Å². The summed E-state index contributed by atoms with van der Waals surface area (Å²) in [4.78, 5) is 9.60. The topological polar surface area (TPSA) is 104 Å². The summed E-state index contributed by atoms with van der Waals surface area (Å²) >= 11 is 0. The predicted molar refractivity (Wildman–Crippen MR) is 63.1 cm³/mol. The van der Waals surface area contributed by atoms with Crippen molar-refractivity contribution in [3.8, 4) is 6.07 Å². The fourth-order valence-electron chi connectivity index (χ4n) is 1.27. The van der Waals surface area contributed by atoms with Crippen LogP contribution in [0.15, 0.2) is 29.2 Å². The molecule has 7 nitrogen and oxygen atoms in total. The highest BCUT2D eigenvalue weighted by Crippen LogP contribution is 2.26. The molecule has 96 valence electrons. The van der Waals surface area contributed by atoms with E-state index in [2.05, 4.69) is 0 Å². The molecular formula is C10H11N3O4S. The van der Waals surface area contributed by atoms with Crippen LogP contribution in [-0.2, 0) is 10.0 Å². The van der Waals surface area contributed by atoms with Crippen molar-refractivity contribution in [2.24, 2.45) is 0 Å². The van der Waals surface area contributed by atoms with Gasteiger partial charge in [0.05, 0.1) is 11.0 Å². The van der Waals surface area contributed by atoms with Crippen molar-refractivity contribution in [2.75, 3.05) is 7.05 Å². The highest BCUT2D eigenvalue weighted by Gasteiger charge is 2.31. The number of nitro benzene ring substituents is 1. The lowest BCUT2D eigenvalue weighted by Gasteiger charge is -2.18. The molecule has 0 aromatic heterocycles. The minimum absolute atomic E-state index is 0.417. The molecule has 0 aliphatic carbocycles. The highest BCUT2D eigenvalue weighted by molar-refractivity contribution is 7.89. The summed E-state index contributed by atoms with van der Waals surface area (Å²) in [7, 11) is -2.85. The third-order valence-electron chi connectivity index (χ3n) is 2.45. The summed E-state index contributed by atoms with van der Waals surface area (Å²) in [6, 6.07) is 5.89. The van der Waals surface area contributed by atoms with Crippen LogP contribution in [0.3, 0.4) is 0 Å². The molecule has 0 aliphatic heterocycles. The number of nitriles is 1. The zero-order valence-electron chi connectivity index (χ0n) is 9.77. The van der Waals surface area contributed by atoms with Gasteiger partial charge in [-0.2, -0.15) is 9.57 Å². The zero-order chi connectivity index (χ0) is 13.9. The summed E-state index contributed by atoms with van der Waals surface area (Å²) in [5, 5.41) is 19.5. The number of hydrogen-bond acceptors (Lipinski definition) is 5. The second kappa shape index (κ2) is 5.12. The first kappa shape index (κ1) is 14.1. The summed E-state index contributed by atoms with van der Waals surface area (Å²) in [6.45, 7) is 1.40. The van der Waals surface area contributed by atoms with Gasteiger partial charge in [-0.3, -0.25) is 10.1 Å². The third kappa shape index (κ3) is 2.47. The Balaban J connectivity index is 3.39. The molecule has 0 fully saturated rings. The molecule has 0 unspecified atom stereocenters.